The summed E-state index contributed by atoms with van der Waals surface area (Å²) in [6.45, 7) is 3.68. The highest BCUT2D eigenvalue weighted by molar-refractivity contribution is 7.92. The molecule has 1 aromatic carbocycles. The molecule has 0 aliphatic carbocycles. The van der Waals surface area contributed by atoms with Gasteiger partial charge in [-0.3, -0.25) is 10.1 Å². The van der Waals surface area contributed by atoms with E-state index in [2.05, 4.69) is 0 Å². The zero-order valence-corrected chi connectivity index (χ0v) is 13.2. The first-order valence-corrected chi connectivity index (χ1v) is 8.62. The molecular weight excluding hydrogens is 314 g/mol. The Morgan fingerprint density at radius 3 is 2.48 bits per heavy atom. The van der Waals surface area contributed by atoms with Crippen LogP contribution >= 0.6 is 11.3 Å². The fraction of sp³-hybridized carbons (Fsp3) is 0.231. The normalized spacial score (nSPS) is 11.4. The van der Waals surface area contributed by atoms with Crippen LogP contribution in [-0.2, 0) is 9.84 Å². The Morgan fingerprint density at radius 1 is 1.24 bits per heavy atom. The van der Waals surface area contributed by atoms with E-state index in [0.717, 1.165) is 34.8 Å². The summed E-state index contributed by atoms with van der Waals surface area (Å²) in [5.74, 6) is 0.472. The summed E-state index contributed by atoms with van der Waals surface area (Å²) in [7, 11) is -3.51. The Balaban J connectivity index is 2.51. The SMILES string of the molecule is Cc1ccc(C)c(Oc2sc(S(C)(=O)=O)cc2[N+](=O)[O-])c1. The molecule has 0 aliphatic heterocycles. The maximum atomic E-state index is 11.5. The van der Waals surface area contributed by atoms with Crippen molar-refractivity contribution in [2.24, 2.45) is 0 Å². The van der Waals surface area contributed by atoms with Crippen LogP contribution in [0.1, 0.15) is 11.1 Å². The fourth-order valence-corrected chi connectivity index (χ4v) is 3.52. The van der Waals surface area contributed by atoms with Gasteiger partial charge in [-0.2, -0.15) is 0 Å². The van der Waals surface area contributed by atoms with Gasteiger partial charge in [0.2, 0.25) is 0 Å². The van der Waals surface area contributed by atoms with E-state index in [4.69, 9.17) is 4.74 Å². The Kier molecular flexibility index (Phi) is 4.02. The van der Waals surface area contributed by atoms with E-state index >= 15 is 0 Å². The van der Waals surface area contributed by atoms with Crippen LogP contribution in [0, 0.1) is 24.0 Å². The van der Waals surface area contributed by atoms with Crippen LogP contribution in [-0.4, -0.2) is 19.6 Å². The highest BCUT2D eigenvalue weighted by atomic mass is 32.2. The molecule has 2 rings (SSSR count). The van der Waals surface area contributed by atoms with Gasteiger partial charge in [-0.15, -0.1) is 0 Å². The minimum absolute atomic E-state index is 0.0332. The lowest BCUT2D eigenvalue weighted by Gasteiger charge is -2.07. The third-order valence-corrected chi connectivity index (χ3v) is 5.57. The molecule has 0 radical (unpaired) electrons. The van der Waals surface area contributed by atoms with Crippen LogP contribution in [0.5, 0.6) is 10.8 Å². The third-order valence-electron chi connectivity index (χ3n) is 2.77. The molecule has 0 unspecified atom stereocenters. The molecule has 0 amide bonds. The first kappa shape index (κ1) is 15.5. The molecule has 1 heterocycles. The van der Waals surface area contributed by atoms with Gasteiger partial charge in [0, 0.05) is 12.3 Å². The van der Waals surface area contributed by atoms with Crippen molar-refractivity contribution in [2.75, 3.05) is 6.26 Å². The summed E-state index contributed by atoms with van der Waals surface area (Å²) in [5.41, 5.74) is 1.41. The average Bonchev–Trinajstić information content (AvgIpc) is 2.78. The second kappa shape index (κ2) is 5.45. The molecular formula is C13H13NO5S2. The highest BCUT2D eigenvalue weighted by Crippen LogP contribution is 2.42. The first-order valence-electron chi connectivity index (χ1n) is 5.92. The van der Waals surface area contributed by atoms with Gasteiger partial charge >= 0.3 is 5.69 Å². The maximum Gasteiger partial charge on any atom is 0.324 e. The monoisotopic (exact) mass is 327 g/mol. The Bertz CT molecular complexity index is 808. The zero-order valence-electron chi connectivity index (χ0n) is 11.6. The zero-order chi connectivity index (χ0) is 15.8. The molecule has 0 saturated heterocycles. The van der Waals surface area contributed by atoms with Gasteiger partial charge < -0.3 is 4.74 Å². The summed E-state index contributed by atoms with van der Waals surface area (Å²) < 4.78 is 28.5. The van der Waals surface area contributed by atoms with Crippen LogP contribution in [0.15, 0.2) is 28.5 Å². The van der Waals surface area contributed by atoms with E-state index in [9.17, 15) is 18.5 Å². The van der Waals surface area contributed by atoms with Crippen LogP contribution in [0.25, 0.3) is 0 Å². The fourth-order valence-electron chi connectivity index (χ4n) is 1.64. The predicted octanol–water partition coefficient (Wildman–Crippen LogP) is 3.47. The molecule has 21 heavy (non-hydrogen) atoms. The highest BCUT2D eigenvalue weighted by Gasteiger charge is 2.25. The lowest BCUT2D eigenvalue weighted by Crippen LogP contribution is -1.92. The number of nitro groups is 1. The molecule has 0 spiro atoms. The molecule has 1 aromatic heterocycles. The number of hydrogen-bond donors (Lipinski definition) is 0. The lowest BCUT2D eigenvalue weighted by atomic mass is 10.1. The molecule has 0 fully saturated rings. The van der Waals surface area contributed by atoms with Crippen molar-refractivity contribution in [3.63, 3.8) is 0 Å². The van der Waals surface area contributed by atoms with Crippen LogP contribution in [0.3, 0.4) is 0 Å². The standard InChI is InChI=1S/C13H13NO5S2/c1-8-4-5-9(2)11(6-8)19-13-10(14(15)16)7-12(20-13)21(3,17)18/h4-7H,1-3H3. The molecule has 0 aliphatic rings. The lowest BCUT2D eigenvalue weighted by molar-refractivity contribution is -0.385. The summed E-state index contributed by atoms with van der Waals surface area (Å²) in [6, 6.07) is 6.51. The number of benzene rings is 1. The number of hydrogen-bond acceptors (Lipinski definition) is 6. The Labute approximate surface area is 126 Å². The van der Waals surface area contributed by atoms with Crippen molar-refractivity contribution >= 4 is 26.9 Å². The molecule has 2 aromatic rings. The number of sulfone groups is 1. The number of thiophene rings is 1. The quantitative estimate of drug-likeness (QED) is 0.634. The number of ether oxygens (including phenoxy) is 1. The largest absolute Gasteiger partial charge is 0.440 e. The van der Waals surface area contributed by atoms with Gasteiger partial charge in [-0.05, 0) is 31.0 Å². The number of aryl methyl sites for hydroxylation is 2. The van der Waals surface area contributed by atoms with E-state index in [0.29, 0.717) is 5.75 Å². The Hall–Kier alpha value is -1.93. The summed E-state index contributed by atoms with van der Waals surface area (Å²) in [6.07, 6.45) is 1.00. The van der Waals surface area contributed by atoms with E-state index in [1.165, 1.54) is 0 Å². The molecule has 0 N–H and O–H groups in total. The van der Waals surface area contributed by atoms with Crippen LogP contribution < -0.4 is 4.74 Å². The van der Waals surface area contributed by atoms with E-state index < -0.39 is 14.8 Å². The van der Waals surface area contributed by atoms with Crippen molar-refractivity contribution in [3.8, 4) is 10.8 Å². The van der Waals surface area contributed by atoms with Gasteiger partial charge in [0.1, 0.15) is 9.96 Å². The van der Waals surface area contributed by atoms with Gasteiger partial charge in [-0.25, -0.2) is 8.42 Å². The van der Waals surface area contributed by atoms with Gasteiger partial charge in [-0.1, -0.05) is 23.5 Å². The summed E-state index contributed by atoms with van der Waals surface area (Å²) in [5, 5.41) is 11.0. The Morgan fingerprint density at radius 2 is 1.90 bits per heavy atom. The minimum Gasteiger partial charge on any atom is -0.440 e. The average molecular weight is 327 g/mol. The van der Waals surface area contributed by atoms with Gasteiger partial charge in [0.25, 0.3) is 5.06 Å². The number of rotatable bonds is 4. The first-order chi connectivity index (χ1) is 9.68. The summed E-state index contributed by atoms with van der Waals surface area (Å²) in [4.78, 5) is 10.4. The molecule has 0 saturated carbocycles. The van der Waals surface area contributed by atoms with Crippen molar-refractivity contribution in [2.45, 2.75) is 18.1 Å². The van der Waals surface area contributed by atoms with Gasteiger partial charge in [0.05, 0.1) is 4.92 Å². The molecule has 8 heteroatoms. The van der Waals surface area contributed by atoms with Crippen molar-refractivity contribution < 1.29 is 18.1 Å². The van der Waals surface area contributed by atoms with Crippen molar-refractivity contribution in [1.82, 2.24) is 0 Å². The molecule has 0 atom stereocenters. The predicted molar refractivity (Wildman–Crippen MR) is 80.1 cm³/mol. The van der Waals surface area contributed by atoms with Gasteiger partial charge in [0.15, 0.2) is 9.84 Å². The van der Waals surface area contributed by atoms with E-state index in [-0.39, 0.29) is 15.0 Å². The smallest absolute Gasteiger partial charge is 0.324 e. The maximum absolute atomic E-state index is 11.5. The number of nitrogens with zero attached hydrogens (tertiary/aromatic N) is 1. The van der Waals surface area contributed by atoms with Crippen LogP contribution in [0.2, 0.25) is 0 Å². The van der Waals surface area contributed by atoms with Crippen LogP contribution in [0.4, 0.5) is 5.69 Å². The molecule has 0 bridgehead atoms. The second-order valence-corrected chi connectivity index (χ2v) is 7.90. The summed E-state index contributed by atoms with van der Waals surface area (Å²) >= 11 is 0.752. The minimum atomic E-state index is -3.51. The second-order valence-electron chi connectivity index (χ2n) is 4.64. The molecule has 112 valence electrons. The topological polar surface area (TPSA) is 86.5 Å². The van der Waals surface area contributed by atoms with Crippen molar-refractivity contribution in [1.29, 1.82) is 0 Å². The van der Waals surface area contributed by atoms with E-state index in [1.807, 2.05) is 26.0 Å². The molecule has 6 nitrogen and oxygen atoms in total. The third kappa shape index (κ3) is 3.40. The van der Waals surface area contributed by atoms with Crippen molar-refractivity contribution in [3.05, 3.63) is 45.5 Å². The van der Waals surface area contributed by atoms with E-state index in [1.54, 1.807) is 6.07 Å².